The van der Waals surface area contributed by atoms with E-state index in [-0.39, 0.29) is 0 Å². The summed E-state index contributed by atoms with van der Waals surface area (Å²) in [6.45, 7) is 1.62. The van der Waals surface area contributed by atoms with E-state index in [0.29, 0.717) is 0 Å². The second-order valence-corrected chi connectivity index (χ2v) is 2.28. The number of nitrogens with one attached hydrogen (secondary N) is 1. The van der Waals surface area contributed by atoms with Gasteiger partial charge in [0.2, 0.25) is 0 Å². The van der Waals surface area contributed by atoms with Gasteiger partial charge in [-0.15, -0.1) is 0 Å². The van der Waals surface area contributed by atoms with E-state index in [2.05, 4.69) is 0 Å². The first kappa shape index (κ1) is 7.45. The minimum absolute atomic E-state index is 1.12. The molecule has 0 bridgehead atoms. The zero-order valence-corrected chi connectivity index (χ0v) is 5.14. The van der Waals surface area contributed by atoms with Crippen LogP contribution in [0.15, 0.2) is 12.3 Å². The number of allylic oxidation sites excluding steroid dienone is 1. The third kappa shape index (κ3) is 5.45. The molecule has 0 aromatic rings. The quantitative estimate of drug-likeness (QED) is 0.523. The van der Waals surface area contributed by atoms with Gasteiger partial charge >= 0.3 is 10.3 Å². The maximum atomic E-state index is 9.78. The van der Waals surface area contributed by atoms with Crippen LogP contribution in [0, 0.1) is 0 Å². The molecule has 0 rings (SSSR count). The van der Waals surface area contributed by atoms with Crippen molar-refractivity contribution in [1.29, 1.82) is 0 Å². The van der Waals surface area contributed by atoms with Gasteiger partial charge in [0.25, 0.3) is 0 Å². The summed E-state index contributed by atoms with van der Waals surface area (Å²) < 4.78 is 29.2. The molecule has 0 saturated heterocycles. The van der Waals surface area contributed by atoms with Crippen molar-refractivity contribution in [3.63, 3.8) is 0 Å². The normalized spacial score (nSPS) is 12.2. The Bertz CT molecular complexity index is 169. The van der Waals surface area contributed by atoms with E-state index in [1.165, 1.54) is 6.08 Å². The predicted molar refractivity (Wildman–Crippen MR) is 29.5 cm³/mol. The largest absolute Gasteiger partial charge is 0.357 e. The van der Waals surface area contributed by atoms with Gasteiger partial charge in [0.1, 0.15) is 0 Å². The Labute approximate surface area is 48.1 Å². The summed E-state index contributed by atoms with van der Waals surface area (Å²) in [5.41, 5.74) is 0. The van der Waals surface area contributed by atoms with Crippen molar-refractivity contribution >= 4 is 10.3 Å². The number of rotatable bonds is 2. The first-order valence-electron chi connectivity index (χ1n) is 1.92. The van der Waals surface area contributed by atoms with Crippen LogP contribution >= 0.6 is 0 Å². The molecule has 0 amide bonds. The monoisotopic (exact) mass is 137 g/mol. The van der Waals surface area contributed by atoms with Gasteiger partial charge in [-0.2, -0.15) is 8.42 Å². The van der Waals surface area contributed by atoms with Crippen LogP contribution in [0.5, 0.6) is 0 Å². The van der Waals surface area contributed by atoms with Crippen LogP contribution in [0.2, 0.25) is 0 Å². The van der Waals surface area contributed by atoms with Crippen LogP contribution in [0.3, 0.4) is 0 Å². The zero-order valence-electron chi connectivity index (χ0n) is 4.33. The van der Waals surface area contributed by atoms with Crippen LogP contribution in [0.4, 0.5) is 0 Å². The van der Waals surface area contributed by atoms with Crippen LogP contribution in [0.1, 0.15) is 6.92 Å². The molecule has 0 saturated carbocycles. The summed E-state index contributed by atoms with van der Waals surface area (Å²) in [6.07, 6.45) is 2.57. The van der Waals surface area contributed by atoms with E-state index < -0.39 is 10.3 Å². The Kier molecular flexibility index (Phi) is 2.50. The Morgan fingerprint density at radius 1 is 1.62 bits per heavy atom. The van der Waals surface area contributed by atoms with Gasteiger partial charge in [-0.1, -0.05) is 6.08 Å². The van der Waals surface area contributed by atoms with Crippen LogP contribution in [0.25, 0.3) is 0 Å². The molecule has 2 N–H and O–H groups in total. The fraction of sp³-hybridized carbons (Fsp3) is 0.333. The van der Waals surface area contributed by atoms with Crippen LogP contribution in [-0.4, -0.2) is 13.0 Å². The van der Waals surface area contributed by atoms with E-state index in [1.54, 1.807) is 11.6 Å². The Morgan fingerprint density at radius 2 is 2.12 bits per heavy atom. The van der Waals surface area contributed by atoms with Crippen molar-refractivity contribution in [1.82, 2.24) is 4.72 Å². The maximum Gasteiger partial charge on any atom is 0.357 e. The molecular weight excluding hydrogens is 130 g/mol. The molecule has 4 nitrogen and oxygen atoms in total. The molecule has 0 aromatic heterocycles. The molecule has 0 aliphatic rings. The predicted octanol–water partition coefficient (Wildman–Crippen LogP) is -0.0876. The molecule has 5 heteroatoms. The Balaban J connectivity index is 3.76. The lowest BCUT2D eigenvalue weighted by atomic mass is 10.7. The van der Waals surface area contributed by atoms with E-state index >= 15 is 0 Å². The highest BCUT2D eigenvalue weighted by molar-refractivity contribution is 7.83. The third-order valence-electron chi connectivity index (χ3n) is 0.384. The standard InChI is InChI=1S/C3H7NO3S/c1-2-3-4-8(5,6)7/h2-4H,1H3,(H,5,6,7). The van der Waals surface area contributed by atoms with Gasteiger partial charge in [0.05, 0.1) is 0 Å². The average Bonchev–Trinajstić information content (AvgIpc) is 1.59. The van der Waals surface area contributed by atoms with E-state index in [0.717, 1.165) is 6.20 Å². The fourth-order valence-corrected chi connectivity index (χ4v) is 0.462. The Hall–Kier alpha value is -0.550. The topological polar surface area (TPSA) is 66.4 Å². The molecule has 0 aromatic carbocycles. The van der Waals surface area contributed by atoms with Crippen molar-refractivity contribution in [2.45, 2.75) is 6.92 Å². The molecule has 0 spiro atoms. The molecule has 0 aliphatic heterocycles. The van der Waals surface area contributed by atoms with E-state index in [4.69, 9.17) is 4.55 Å². The minimum Gasteiger partial charge on any atom is -0.269 e. The van der Waals surface area contributed by atoms with Crippen LogP contribution < -0.4 is 4.72 Å². The second kappa shape index (κ2) is 2.68. The fourth-order valence-electron chi connectivity index (χ4n) is 0.154. The molecular formula is C3H7NO3S. The van der Waals surface area contributed by atoms with E-state index in [9.17, 15) is 8.42 Å². The first-order chi connectivity index (χ1) is 3.56. The van der Waals surface area contributed by atoms with Gasteiger partial charge in [-0.3, -0.25) is 9.27 Å². The van der Waals surface area contributed by atoms with Gasteiger partial charge in [0, 0.05) is 6.20 Å². The highest BCUT2D eigenvalue weighted by atomic mass is 32.2. The van der Waals surface area contributed by atoms with Crippen molar-refractivity contribution in [3.8, 4) is 0 Å². The SMILES string of the molecule is CC=CNS(=O)(=O)O. The molecule has 0 unspecified atom stereocenters. The van der Waals surface area contributed by atoms with Crippen molar-refractivity contribution in [2.24, 2.45) is 0 Å². The lowest BCUT2D eigenvalue weighted by Gasteiger charge is -1.89. The lowest BCUT2D eigenvalue weighted by molar-refractivity contribution is 0.476. The third-order valence-corrected chi connectivity index (χ3v) is 0.818. The summed E-state index contributed by atoms with van der Waals surface area (Å²) in [5, 5.41) is 0. The van der Waals surface area contributed by atoms with Gasteiger partial charge in [-0.25, -0.2) is 0 Å². The summed E-state index contributed by atoms with van der Waals surface area (Å²) in [4.78, 5) is 0. The molecule has 0 heterocycles. The lowest BCUT2D eigenvalue weighted by Crippen LogP contribution is -2.15. The summed E-state index contributed by atoms with van der Waals surface area (Å²) >= 11 is 0. The van der Waals surface area contributed by atoms with Crippen LogP contribution in [-0.2, 0) is 10.3 Å². The van der Waals surface area contributed by atoms with Gasteiger partial charge < -0.3 is 0 Å². The molecule has 8 heavy (non-hydrogen) atoms. The zero-order chi connectivity index (χ0) is 6.62. The summed E-state index contributed by atoms with van der Waals surface area (Å²) in [6, 6.07) is 0. The summed E-state index contributed by atoms with van der Waals surface area (Å²) in [5.74, 6) is 0. The number of hydrogen-bond acceptors (Lipinski definition) is 2. The van der Waals surface area contributed by atoms with Crippen molar-refractivity contribution < 1.29 is 13.0 Å². The van der Waals surface area contributed by atoms with E-state index in [1.807, 2.05) is 0 Å². The first-order valence-corrected chi connectivity index (χ1v) is 3.36. The maximum absolute atomic E-state index is 9.78. The molecule has 0 radical (unpaired) electrons. The molecule has 48 valence electrons. The average molecular weight is 137 g/mol. The molecule has 0 atom stereocenters. The van der Waals surface area contributed by atoms with Gasteiger partial charge in [-0.05, 0) is 6.92 Å². The highest BCUT2D eigenvalue weighted by Crippen LogP contribution is 1.71. The van der Waals surface area contributed by atoms with Crippen molar-refractivity contribution in [3.05, 3.63) is 12.3 Å². The number of hydrogen-bond donors (Lipinski definition) is 2. The highest BCUT2D eigenvalue weighted by Gasteiger charge is 1.93. The van der Waals surface area contributed by atoms with Gasteiger partial charge in [0.15, 0.2) is 0 Å². The van der Waals surface area contributed by atoms with Crippen molar-refractivity contribution in [2.75, 3.05) is 0 Å². The minimum atomic E-state index is -4.02. The molecule has 0 fully saturated rings. The molecule has 0 aliphatic carbocycles. The Morgan fingerprint density at radius 3 is 2.25 bits per heavy atom. The smallest absolute Gasteiger partial charge is 0.269 e. The second-order valence-electron chi connectivity index (χ2n) is 1.09. The summed E-state index contributed by atoms with van der Waals surface area (Å²) in [7, 11) is -4.02.